The maximum atomic E-state index is 12.5. The number of amides is 1. The van der Waals surface area contributed by atoms with Crippen molar-refractivity contribution in [3.63, 3.8) is 0 Å². The molecule has 0 N–H and O–H groups in total. The fourth-order valence-electron chi connectivity index (χ4n) is 3.78. The van der Waals surface area contributed by atoms with Gasteiger partial charge in [0.15, 0.2) is 0 Å². The van der Waals surface area contributed by atoms with Crippen LogP contribution in [0.4, 0.5) is 0 Å². The van der Waals surface area contributed by atoms with E-state index in [1.165, 1.54) is 6.42 Å². The highest BCUT2D eigenvalue weighted by atomic mass is 16.5. The molecule has 3 saturated heterocycles. The van der Waals surface area contributed by atoms with Gasteiger partial charge in [-0.2, -0.15) is 0 Å². The molecule has 0 radical (unpaired) electrons. The first-order valence-corrected chi connectivity index (χ1v) is 8.75. The van der Waals surface area contributed by atoms with E-state index in [1.54, 1.807) is 0 Å². The summed E-state index contributed by atoms with van der Waals surface area (Å²) >= 11 is 0. The van der Waals surface area contributed by atoms with E-state index in [0.717, 1.165) is 38.3 Å². The lowest BCUT2D eigenvalue weighted by Crippen LogP contribution is -2.47. The molecule has 23 heavy (non-hydrogen) atoms. The molecule has 0 aliphatic carbocycles. The Bertz CT molecular complexity index is 508. The molecular formula is C18H27N3O2. The number of carbonyl (C=O) groups is 1. The van der Waals surface area contributed by atoms with Crippen molar-refractivity contribution in [2.45, 2.75) is 38.8 Å². The molecule has 5 heteroatoms. The van der Waals surface area contributed by atoms with Crippen molar-refractivity contribution in [1.29, 1.82) is 0 Å². The summed E-state index contributed by atoms with van der Waals surface area (Å²) in [5.41, 5.74) is 1.11. The summed E-state index contributed by atoms with van der Waals surface area (Å²) in [6, 6.07) is 6.43. The van der Waals surface area contributed by atoms with E-state index in [-0.39, 0.29) is 5.91 Å². The Morgan fingerprint density at radius 2 is 2.22 bits per heavy atom. The molecule has 0 unspecified atom stereocenters. The van der Waals surface area contributed by atoms with Gasteiger partial charge in [0, 0.05) is 45.0 Å². The Balaban J connectivity index is 1.60. The van der Waals surface area contributed by atoms with Crippen LogP contribution < -0.4 is 0 Å². The minimum Gasteiger partial charge on any atom is -0.381 e. The van der Waals surface area contributed by atoms with Gasteiger partial charge in [0.25, 0.3) is 0 Å². The fourth-order valence-corrected chi connectivity index (χ4v) is 3.78. The van der Waals surface area contributed by atoms with E-state index < -0.39 is 0 Å². The smallest absolute Gasteiger partial charge is 0.225 e. The van der Waals surface area contributed by atoms with Crippen LogP contribution >= 0.6 is 0 Å². The molecule has 2 bridgehead atoms. The predicted octanol–water partition coefficient (Wildman–Crippen LogP) is 1.93. The van der Waals surface area contributed by atoms with Gasteiger partial charge >= 0.3 is 0 Å². The van der Waals surface area contributed by atoms with E-state index in [4.69, 9.17) is 4.74 Å². The average Bonchev–Trinajstić information content (AvgIpc) is 2.86. The number of fused-ring (bicyclic) bond motifs is 4. The summed E-state index contributed by atoms with van der Waals surface area (Å²) in [6.45, 7) is 7.02. The molecule has 0 saturated carbocycles. The van der Waals surface area contributed by atoms with Crippen LogP contribution in [-0.4, -0.2) is 59.6 Å². The number of rotatable bonds is 6. The number of aromatic nitrogens is 1. The van der Waals surface area contributed by atoms with Crippen LogP contribution in [0.15, 0.2) is 24.4 Å². The van der Waals surface area contributed by atoms with Gasteiger partial charge in [-0.05, 0) is 37.8 Å². The SMILES string of the molecule is CCOCCC(=O)N1C[C@@H]2CC[C@H]1CN(Cc1ccccn1)C2. The van der Waals surface area contributed by atoms with Crippen molar-refractivity contribution in [2.75, 3.05) is 32.8 Å². The summed E-state index contributed by atoms with van der Waals surface area (Å²) in [6.07, 6.45) is 4.73. The molecule has 4 heterocycles. The standard InChI is InChI=1S/C18H27N3O2/c1-2-23-10-8-18(22)21-12-15-6-7-17(21)14-20(11-15)13-16-5-3-4-9-19-16/h3-5,9,15,17H,2,6-8,10-14H2,1H3/t15-,17+/m1/s1. The lowest BCUT2D eigenvalue weighted by Gasteiger charge is -2.36. The lowest BCUT2D eigenvalue weighted by molar-refractivity contribution is -0.136. The molecule has 2 atom stereocenters. The Morgan fingerprint density at radius 1 is 1.30 bits per heavy atom. The van der Waals surface area contributed by atoms with E-state index in [2.05, 4.69) is 20.9 Å². The molecular weight excluding hydrogens is 290 g/mol. The summed E-state index contributed by atoms with van der Waals surface area (Å²) in [4.78, 5) is 21.5. The highest BCUT2D eigenvalue weighted by molar-refractivity contribution is 5.76. The average molecular weight is 317 g/mol. The number of pyridine rings is 1. The van der Waals surface area contributed by atoms with Crippen molar-refractivity contribution in [3.05, 3.63) is 30.1 Å². The van der Waals surface area contributed by atoms with Crippen LogP contribution in [0.2, 0.25) is 0 Å². The van der Waals surface area contributed by atoms with Crippen LogP contribution in [0.5, 0.6) is 0 Å². The van der Waals surface area contributed by atoms with E-state index >= 15 is 0 Å². The summed E-state index contributed by atoms with van der Waals surface area (Å²) in [7, 11) is 0. The lowest BCUT2D eigenvalue weighted by atomic mass is 9.95. The molecule has 1 amide bonds. The first-order valence-electron chi connectivity index (χ1n) is 8.75. The predicted molar refractivity (Wildman–Crippen MR) is 88.8 cm³/mol. The number of carbonyl (C=O) groups excluding carboxylic acids is 1. The number of hydrogen-bond donors (Lipinski definition) is 0. The van der Waals surface area contributed by atoms with Crippen LogP contribution in [0.25, 0.3) is 0 Å². The molecule has 0 spiro atoms. The molecule has 3 fully saturated rings. The van der Waals surface area contributed by atoms with Gasteiger partial charge in [0.05, 0.1) is 18.7 Å². The molecule has 3 aliphatic heterocycles. The van der Waals surface area contributed by atoms with Gasteiger partial charge in [-0.15, -0.1) is 0 Å². The van der Waals surface area contributed by atoms with Crippen LogP contribution in [0.1, 0.15) is 31.9 Å². The Labute approximate surface area is 138 Å². The Kier molecular flexibility index (Phi) is 5.62. The van der Waals surface area contributed by atoms with Gasteiger partial charge in [-0.25, -0.2) is 0 Å². The van der Waals surface area contributed by atoms with Crippen molar-refractivity contribution in [1.82, 2.24) is 14.8 Å². The molecule has 1 aromatic heterocycles. The van der Waals surface area contributed by atoms with Gasteiger partial charge < -0.3 is 9.64 Å². The molecule has 5 nitrogen and oxygen atoms in total. The largest absolute Gasteiger partial charge is 0.381 e. The third-order valence-corrected chi connectivity index (χ3v) is 4.89. The minimum absolute atomic E-state index is 0.257. The number of hydrogen-bond acceptors (Lipinski definition) is 4. The fraction of sp³-hybridized carbons (Fsp3) is 0.667. The van der Waals surface area contributed by atoms with Crippen LogP contribution in [0.3, 0.4) is 0 Å². The van der Waals surface area contributed by atoms with Crippen molar-refractivity contribution < 1.29 is 9.53 Å². The Morgan fingerprint density at radius 3 is 3.00 bits per heavy atom. The highest BCUT2D eigenvalue weighted by Crippen LogP contribution is 2.29. The highest BCUT2D eigenvalue weighted by Gasteiger charge is 2.36. The topological polar surface area (TPSA) is 45.7 Å². The summed E-state index contributed by atoms with van der Waals surface area (Å²) in [5.74, 6) is 0.848. The second-order valence-electron chi connectivity index (χ2n) is 6.61. The second kappa shape index (κ2) is 7.88. The third kappa shape index (κ3) is 4.30. The van der Waals surface area contributed by atoms with Gasteiger partial charge in [-0.3, -0.25) is 14.7 Å². The minimum atomic E-state index is 0.257. The maximum Gasteiger partial charge on any atom is 0.225 e. The zero-order chi connectivity index (χ0) is 16.1. The number of nitrogens with zero attached hydrogens (tertiary/aromatic N) is 3. The van der Waals surface area contributed by atoms with E-state index in [0.29, 0.717) is 31.6 Å². The number of ether oxygens (including phenoxy) is 1. The van der Waals surface area contributed by atoms with Gasteiger partial charge in [0.1, 0.15) is 0 Å². The molecule has 4 rings (SSSR count). The summed E-state index contributed by atoms with van der Waals surface area (Å²) < 4.78 is 5.34. The number of piperidine rings is 1. The first kappa shape index (κ1) is 16.4. The zero-order valence-corrected chi connectivity index (χ0v) is 14.0. The molecule has 1 aromatic rings. The molecule has 126 valence electrons. The zero-order valence-electron chi connectivity index (χ0n) is 14.0. The van der Waals surface area contributed by atoms with Crippen LogP contribution in [0, 0.1) is 5.92 Å². The van der Waals surface area contributed by atoms with Crippen molar-refractivity contribution in [3.8, 4) is 0 Å². The summed E-state index contributed by atoms with van der Waals surface area (Å²) in [5, 5.41) is 0. The monoisotopic (exact) mass is 317 g/mol. The molecule has 3 aliphatic rings. The van der Waals surface area contributed by atoms with Crippen molar-refractivity contribution in [2.24, 2.45) is 5.92 Å². The normalized spacial score (nSPS) is 24.7. The van der Waals surface area contributed by atoms with Gasteiger partial charge in [-0.1, -0.05) is 6.07 Å². The van der Waals surface area contributed by atoms with E-state index in [9.17, 15) is 4.79 Å². The third-order valence-electron chi connectivity index (χ3n) is 4.89. The van der Waals surface area contributed by atoms with Gasteiger partial charge in [0.2, 0.25) is 5.91 Å². The van der Waals surface area contributed by atoms with Crippen molar-refractivity contribution >= 4 is 5.91 Å². The quantitative estimate of drug-likeness (QED) is 0.752. The van der Waals surface area contributed by atoms with E-state index in [1.807, 2.05) is 25.3 Å². The maximum absolute atomic E-state index is 12.5. The van der Waals surface area contributed by atoms with Crippen LogP contribution in [-0.2, 0) is 16.1 Å². The second-order valence-corrected chi connectivity index (χ2v) is 6.61. The Hall–Kier alpha value is -1.46. The molecule has 0 aromatic carbocycles. The first-order chi connectivity index (χ1) is 11.3.